The Bertz CT molecular complexity index is 396. The fourth-order valence-electron chi connectivity index (χ4n) is 1.41. The second-order valence-corrected chi connectivity index (χ2v) is 3.89. The van der Waals surface area contributed by atoms with Gasteiger partial charge < -0.3 is 15.2 Å². The van der Waals surface area contributed by atoms with E-state index in [1.807, 2.05) is 6.92 Å². The van der Waals surface area contributed by atoms with Crippen LogP contribution in [0.15, 0.2) is 18.2 Å². The van der Waals surface area contributed by atoms with Crippen LogP contribution >= 0.6 is 0 Å². The molecule has 100 valence electrons. The SMILES string of the molecule is CCCOCCCNC(=O)c1ccc(O)cc1F. The van der Waals surface area contributed by atoms with Gasteiger partial charge in [0.1, 0.15) is 11.6 Å². The lowest BCUT2D eigenvalue weighted by Gasteiger charge is -2.06. The highest BCUT2D eigenvalue weighted by Crippen LogP contribution is 2.14. The number of hydrogen-bond donors (Lipinski definition) is 2. The van der Waals surface area contributed by atoms with E-state index in [0.717, 1.165) is 12.5 Å². The number of nitrogens with one attached hydrogen (secondary N) is 1. The largest absolute Gasteiger partial charge is 0.508 e. The van der Waals surface area contributed by atoms with Crippen LogP contribution < -0.4 is 5.32 Å². The number of carbonyl (C=O) groups excluding carboxylic acids is 1. The van der Waals surface area contributed by atoms with Gasteiger partial charge in [-0.2, -0.15) is 0 Å². The number of amides is 1. The summed E-state index contributed by atoms with van der Waals surface area (Å²) in [6.07, 6.45) is 1.65. The van der Waals surface area contributed by atoms with Gasteiger partial charge in [0.2, 0.25) is 0 Å². The third kappa shape index (κ3) is 4.71. The second kappa shape index (κ2) is 7.66. The second-order valence-electron chi connectivity index (χ2n) is 3.89. The normalized spacial score (nSPS) is 10.3. The third-order valence-corrected chi connectivity index (χ3v) is 2.30. The molecule has 0 aromatic heterocycles. The maximum Gasteiger partial charge on any atom is 0.254 e. The lowest BCUT2D eigenvalue weighted by Crippen LogP contribution is -2.26. The molecule has 0 aliphatic heterocycles. The van der Waals surface area contributed by atoms with Crippen molar-refractivity contribution < 1.29 is 19.0 Å². The van der Waals surface area contributed by atoms with E-state index in [1.165, 1.54) is 12.1 Å². The summed E-state index contributed by atoms with van der Waals surface area (Å²) in [5.41, 5.74) is -0.0673. The highest BCUT2D eigenvalue weighted by atomic mass is 19.1. The first-order valence-corrected chi connectivity index (χ1v) is 5.99. The minimum Gasteiger partial charge on any atom is -0.508 e. The van der Waals surface area contributed by atoms with Crippen molar-refractivity contribution in [3.63, 3.8) is 0 Å². The van der Waals surface area contributed by atoms with Crippen LogP contribution in [0.3, 0.4) is 0 Å². The van der Waals surface area contributed by atoms with Crippen molar-refractivity contribution in [3.8, 4) is 5.75 Å². The van der Waals surface area contributed by atoms with Crippen LogP contribution in [0.2, 0.25) is 0 Å². The van der Waals surface area contributed by atoms with E-state index < -0.39 is 11.7 Å². The molecule has 4 nitrogen and oxygen atoms in total. The summed E-state index contributed by atoms with van der Waals surface area (Å²) in [7, 11) is 0. The Morgan fingerprint density at radius 2 is 2.22 bits per heavy atom. The molecule has 5 heteroatoms. The molecule has 0 unspecified atom stereocenters. The molecular formula is C13H18FNO3. The fourth-order valence-corrected chi connectivity index (χ4v) is 1.41. The maximum absolute atomic E-state index is 13.3. The Kier molecular flexibility index (Phi) is 6.14. The molecular weight excluding hydrogens is 237 g/mol. The summed E-state index contributed by atoms with van der Waals surface area (Å²) in [6, 6.07) is 3.45. The number of aromatic hydroxyl groups is 1. The van der Waals surface area contributed by atoms with Crippen molar-refractivity contribution in [2.45, 2.75) is 19.8 Å². The molecule has 0 saturated heterocycles. The molecule has 0 heterocycles. The van der Waals surface area contributed by atoms with Crippen LogP contribution in [0.25, 0.3) is 0 Å². The van der Waals surface area contributed by atoms with Gasteiger partial charge in [-0.05, 0) is 25.0 Å². The molecule has 1 rings (SSSR count). The Morgan fingerprint density at radius 3 is 2.89 bits per heavy atom. The lowest BCUT2D eigenvalue weighted by atomic mass is 10.2. The number of ether oxygens (including phenoxy) is 1. The number of carbonyl (C=O) groups is 1. The molecule has 0 aliphatic rings. The minimum atomic E-state index is -0.727. The predicted molar refractivity (Wildman–Crippen MR) is 66.1 cm³/mol. The zero-order valence-corrected chi connectivity index (χ0v) is 10.4. The summed E-state index contributed by atoms with van der Waals surface area (Å²) in [5.74, 6) is -1.41. The van der Waals surface area contributed by atoms with Crippen LogP contribution in [0.4, 0.5) is 4.39 Å². The first-order chi connectivity index (χ1) is 8.65. The van der Waals surface area contributed by atoms with Gasteiger partial charge in [-0.1, -0.05) is 6.92 Å². The molecule has 18 heavy (non-hydrogen) atoms. The molecule has 0 spiro atoms. The van der Waals surface area contributed by atoms with Crippen LogP contribution in [0.1, 0.15) is 30.1 Å². The summed E-state index contributed by atoms with van der Waals surface area (Å²) >= 11 is 0. The zero-order chi connectivity index (χ0) is 13.4. The van der Waals surface area contributed by atoms with E-state index in [2.05, 4.69) is 5.32 Å². The van der Waals surface area contributed by atoms with Gasteiger partial charge >= 0.3 is 0 Å². The number of halogens is 1. The third-order valence-electron chi connectivity index (χ3n) is 2.30. The molecule has 2 N–H and O–H groups in total. The highest BCUT2D eigenvalue weighted by molar-refractivity contribution is 5.94. The van der Waals surface area contributed by atoms with Crippen molar-refractivity contribution >= 4 is 5.91 Å². The molecule has 0 radical (unpaired) electrons. The average Bonchev–Trinajstić information content (AvgIpc) is 2.33. The van der Waals surface area contributed by atoms with Crippen LogP contribution in [0.5, 0.6) is 5.75 Å². The Morgan fingerprint density at radius 1 is 1.44 bits per heavy atom. The van der Waals surface area contributed by atoms with Gasteiger partial charge in [-0.25, -0.2) is 4.39 Å². The monoisotopic (exact) mass is 255 g/mol. The summed E-state index contributed by atoms with van der Waals surface area (Å²) in [6.45, 7) is 3.74. The topological polar surface area (TPSA) is 58.6 Å². The quantitative estimate of drug-likeness (QED) is 0.733. The molecule has 0 bridgehead atoms. The molecule has 1 aromatic rings. The van der Waals surface area contributed by atoms with Gasteiger partial charge in [0.15, 0.2) is 0 Å². The van der Waals surface area contributed by atoms with E-state index >= 15 is 0 Å². The number of hydrogen-bond acceptors (Lipinski definition) is 3. The van der Waals surface area contributed by atoms with Crippen LogP contribution in [0, 0.1) is 5.82 Å². The Labute approximate surface area is 106 Å². The van der Waals surface area contributed by atoms with Crippen molar-refractivity contribution in [2.75, 3.05) is 19.8 Å². The Hall–Kier alpha value is -1.62. The number of benzene rings is 1. The molecule has 0 atom stereocenters. The van der Waals surface area contributed by atoms with E-state index in [4.69, 9.17) is 9.84 Å². The smallest absolute Gasteiger partial charge is 0.254 e. The van der Waals surface area contributed by atoms with E-state index in [9.17, 15) is 9.18 Å². The van der Waals surface area contributed by atoms with E-state index in [0.29, 0.717) is 26.2 Å². The number of rotatable bonds is 7. The first kappa shape index (κ1) is 14.4. The fraction of sp³-hybridized carbons (Fsp3) is 0.462. The van der Waals surface area contributed by atoms with Gasteiger partial charge in [0.25, 0.3) is 5.91 Å². The van der Waals surface area contributed by atoms with Gasteiger partial charge in [0.05, 0.1) is 5.56 Å². The van der Waals surface area contributed by atoms with Crippen LogP contribution in [-0.4, -0.2) is 30.8 Å². The molecule has 0 saturated carbocycles. The van der Waals surface area contributed by atoms with Gasteiger partial charge in [-0.15, -0.1) is 0 Å². The van der Waals surface area contributed by atoms with Crippen molar-refractivity contribution in [2.24, 2.45) is 0 Å². The van der Waals surface area contributed by atoms with E-state index in [1.54, 1.807) is 0 Å². The van der Waals surface area contributed by atoms with Gasteiger partial charge in [-0.3, -0.25) is 4.79 Å². The van der Waals surface area contributed by atoms with Crippen molar-refractivity contribution in [3.05, 3.63) is 29.6 Å². The lowest BCUT2D eigenvalue weighted by molar-refractivity contribution is 0.0937. The molecule has 0 aliphatic carbocycles. The zero-order valence-electron chi connectivity index (χ0n) is 10.4. The standard InChI is InChI=1S/C13H18FNO3/c1-2-7-18-8-3-6-15-13(17)11-5-4-10(16)9-12(11)14/h4-5,9,16H,2-3,6-8H2,1H3,(H,15,17). The number of phenols is 1. The predicted octanol–water partition coefficient (Wildman–Crippen LogP) is 2.08. The van der Waals surface area contributed by atoms with Crippen molar-refractivity contribution in [1.29, 1.82) is 0 Å². The minimum absolute atomic E-state index is 0.0673. The molecule has 1 amide bonds. The molecule has 1 aromatic carbocycles. The maximum atomic E-state index is 13.3. The first-order valence-electron chi connectivity index (χ1n) is 5.99. The summed E-state index contributed by atoms with van der Waals surface area (Å²) < 4.78 is 18.6. The average molecular weight is 255 g/mol. The summed E-state index contributed by atoms with van der Waals surface area (Å²) in [5, 5.41) is 11.6. The Balaban J connectivity index is 2.32. The summed E-state index contributed by atoms with van der Waals surface area (Å²) in [4.78, 5) is 11.6. The number of phenolic OH excluding ortho intramolecular Hbond substituents is 1. The van der Waals surface area contributed by atoms with Crippen LogP contribution in [-0.2, 0) is 4.74 Å². The van der Waals surface area contributed by atoms with Gasteiger partial charge in [0, 0.05) is 25.8 Å². The van der Waals surface area contributed by atoms with Crippen molar-refractivity contribution in [1.82, 2.24) is 5.32 Å². The van der Waals surface area contributed by atoms with E-state index in [-0.39, 0.29) is 11.3 Å². The molecule has 0 fully saturated rings. The highest BCUT2D eigenvalue weighted by Gasteiger charge is 2.11.